The molecule has 0 aliphatic heterocycles. The van der Waals surface area contributed by atoms with E-state index in [1.54, 1.807) is 0 Å². The van der Waals surface area contributed by atoms with Crippen molar-refractivity contribution in [2.24, 2.45) is 0 Å². The second-order valence-electron chi connectivity index (χ2n) is 3.66. The minimum absolute atomic E-state index is 0.887. The van der Waals surface area contributed by atoms with Gasteiger partial charge in [0, 0.05) is 25.4 Å². The molecule has 0 spiro atoms. The van der Waals surface area contributed by atoms with Gasteiger partial charge in [0.25, 0.3) is 0 Å². The quantitative estimate of drug-likeness (QED) is 0.761. The van der Waals surface area contributed by atoms with Crippen LogP contribution in [0.4, 0.5) is 0 Å². The Kier molecular flexibility index (Phi) is 3.54. The minimum atomic E-state index is 0.887. The van der Waals surface area contributed by atoms with E-state index in [1.165, 1.54) is 5.56 Å². The first-order chi connectivity index (χ1) is 7.90. The summed E-state index contributed by atoms with van der Waals surface area (Å²) in [5.74, 6) is 1.14. The van der Waals surface area contributed by atoms with Gasteiger partial charge in [-0.1, -0.05) is 49.4 Å². The van der Waals surface area contributed by atoms with Crippen molar-refractivity contribution in [3.05, 3.63) is 60.2 Å². The van der Waals surface area contributed by atoms with E-state index in [2.05, 4.69) is 40.8 Å². The van der Waals surface area contributed by atoms with Crippen molar-refractivity contribution >= 4 is 6.08 Å². The zero-order valence-electron chi connectivity index (χ0n) is 9.50. The van der Waals surface area contributed by atoms with Gasteiger partial charge < -0.3 is 4.57 Å². The molecule has 1 aromatic heterocycles. The zero-order chi connectivity index (χ0) is 11.2. The van der Waals surface area contributed by atoms with Crippen molar-refractivity contribution in [2.45, 2.75) is 19.9 Å². The SMILES string of the molecule is CCc1nccn1CC=Cc1ccccc1. The molecule has 0 saturated heterocycles. The van der Waals surface area contributed by atoms with Gasteiger partial charge in [0.05, 0.1) is 0 Å². The monoisotopic (exact) mass is 212 g/mol. The van der Waals surface area contributed by atoms with E-state index in [9.17, 15) is 0 Å². The molecule has 0 amide bonds. The molecular weight excluding hydrogens is 196 g/mol. The summed E-state index contributed by atoms with van der Waals surface area (Å²) < 4.78 is 2.17. The van der Waals surface area contributed by atoms with Crippen LogP contribution in [0.1, 0.15) is 18.3 Å². The molecule has 0 unspecified atom stereocenters. The fourth-order valence-corrected chi connectivity index (χ4v) is 1.69. The molecule has 2 nitrogen and oxygen atoms in total. The molecule has 1 heterocycles. The number of rotatable bonds is 4. The van der Waals surface area contributed by atoms with Gasteiger partial charge in [-0.05, 0) is 5.56 Å². The lowest BCUT2D eigenvalue weighted by Crippen LogP contribution is -1.99. The Morgan fingerprint density at radius 1 is 1.25 bits per heavy atom. The van der Waals surface area contributed by atoms with Crippen molar-refractivity contribution in [1.82, 2.24) is 9.55 Å². The number of benzene rings is 1. The molecule has 0 N–H and O–H groups in total. The molecule has 16 heavy (non-hydrogen) atoms. The van der Waals surface area contributed by atoms with Gasteiger partial charge in [-0.15, -0.1) is 0 Å². The van der Waals surface area contributed by atoms with Crippen molar-refractivity contribution in [3.63, 3.8) is 0 Å². The van der Waals surface area contributed by atoms with E-state index >= 15 is 0 Å². The van der Waals surface area contributed by atoms with E-state index in [0.29, 0.717) is 0 Å². The fourth-order valence-electron chi connectivity index (χ4n) is 1.69. The van der Waals surface area contributed by atoms with E-state index in [4.69, 9.17) is 0 Å². The van der Waals surface area contributed by atoms with Crippen molar-refractivity contribution < 1.29 is 0 Å². The second-order valence-corrected chi connectivity index (χ2v) is 3.66. The third-order valence-electron chi connectivity index (χ3n) is 2.53. The Labute approximate surface area is 96.3 Å². The third-order valence-corrected chi connectivity index (χ3v) is 2.53. The minimum Gasteiger partial charge on any atom is -0.331 e. The summed E-state index contributed by atoms with van der Waals surface area (Å²) in [4.78, 5) is 4.29. The maximum absolute atomic E-state index is 4.29. The molecule has 2 aromatic rings. The van der Waals surface area contributed by atoms with Crippen LogP contribution in [0, 0.1) is 0 Å². The summed E-state index contributed by atoms with van der Waals surface area (Å²) in [7, 11) is 0. The van der Waals surface area contributed by atoms with E-state index in [-0.39, 0.29) is 0 Å². The molecule has 0 bridgehead atoms. The van der Waals surface area contributed by atoms with Gasteiger partial charge >= 0.3 is 0 Å². The Hall–Kier alpha value is -1.83. The number of allylic oxidation sites excluding steroid dienone is 1. The molecule has 0 fully saturated rings. The Morgan fingerprint density at radius 2 is 2.06 bits per heavy atom. The first kappa shape index (κ1) is 10.7. The number of nitrogens with zero attached hydrogens (tertiary/aromatic N) is 2. The van der Waals surface area contributed by atoms with Crippen LogP contribution < -0.4 is 0 Å². The molecule has 0 aliphatic carbocycles. The van der Waals surface area contributed by atoms with Crippen LogP contribution in [0.5, 0.6) is 0 Å². The highest BCUT2D eigenvalue weighted by Crippen LogP contribution is 2.03. The number of aromatic nitrogens is 2. The van der Waals surface area contributed by atoms with Gasteiger partial charge in [0.1, 0.15) is 5.82 Å². The molecule has 2 rings (SSSR count). The summed E-state index contributed by atoms with van der Waals surface area (Å²) in [5, 5.41) is 0. The first-order valence-corrected chi connectivity index (χ1v) is 5.61. The number of hydrogen-bond donors (Lipinski definition) is 0. The molecule has 2 heteroatoms. The molecule has 0 aliphatic rings. The lowest BCUT2D eigenvalue weighted by molar-refractivity contribution is 0.749. The van der Waals surface area contributed by atoms with Gasteiger partial charge in [0.15, 0.2) is 0 Å². The Balaban J connectivity index is 2.00. The van der Waals surface area contributed by atoms with Crippen LogP contribution in [0.3, 0.4) is 0 Å². The number of hydrogen-bond acceptors (Lipinski definition) is 1. The third kappa shape index (κ3) is 2.60. The van der Waals surface area contributed by atoms with Crippen molar-refractivity contribution in [2.75, 3.05) is 0 Å². The van der Waals surface area contributed by atoms with Crippen LogP contribution in [0.2, 0.25) is 0 Å². The second kappa shape index (κ2) is 5.31. The van der Waals surface area contributed by atoms with Gasteiger partial charge in [-0.3, -0.25) is 0 Å². The Bertz CT molecular complexity index is 455. The summed E-state index contributed by atoms with van der Waals surface area (Å²) >= 11 is 0. The largest absolute Gasteiger partial charge is 0.331 e. The maximum atomic E-state index is 4.29. The molecule has 1 aromatic carbocycles. The molecule has 0 radical (unpaired) electrons. The van der Waals surface area contributed by atoms with E-state index in [0.717, 1.165) is 18.8 Å². The number of aryl methyl sites for hydroxylation is 1. The summed E-state index contributed by atoms with van der Waals surface area (Å²) in [6.45, 7) is 3.01. The highest BCUT2D eigenvalue weighted by molar-refractivity contribution is 5.48. The molecule has 82 valence electrons. The van der Waals surface area contributed by atoms with Crippen LogP contribution in [0.15, 0.2) is 48.8 Å². The predicted molar refractivity (Wildman–Crippen MR) is 67.1 cm³/mol. The van der Waals surface area contributed by atoms with Gasteiger partial charge in [-0.2, -0.15) is 0 Å². The summed E-state index contributed by atoms with van der Waals surface area (Å²) in [6, 6.07) is 10.3. The van der Waals surface area contributed by atoms with Crippen molar-refractivity contribution in [3.8, 4) is 0 Å². The zero-order valence-corrected chi connectivity index (χ0v) is 9.50. The predicted octanol–water partition coefficient (Wildman–Crippen LogP) is 3.16. The lowest BCUT2D eigenvalue weighted by atomic mass is 10.2. The van der Waals surface area contributed by atoms with E-state index in [1.807, 2.05) is 30.6 Å². The molecular formula is C14H16N2. The van der Waals surface area contributed by atoms with Gasteiger partial charge in [0.2, 0.25) is 0 Å². The van der Waals surface area contributed by atoms with Gasteiger partial charge in [-0.25, -0.2) is 4.98 Å². The number of imidazole rings is 1. The smallest absolute Gasteiger partial charge is 0.108 e. The van der Waals surface area contributed by atoms with Crippen LogP contribution in [-0.2, 0) is 13.0 Å². The van der Waals surface area contributed by atoms with E-state index < -0.39 is 0 Å². The summed E-state index contributed by atoms with van der Waals surface area (Å²) in [6.07, 6.45) is 9.16. The average Bonchev–Trinajstić information content (AvgIpc) is 2.78. The topological polar surface area (TPSA) is 17.8 Å². The fraction of sp³-hybridized carbons (Fsp3) is 0.214. The normalized spacial score (nSPS) is 11.1. The van der Waals surface area contributed by atoms with Crippen LogP contribution >= 0.6 is 0 Å². The molecule has 0 atom stereocenters. The standard InChI is InChI=1S/C14H16N2/c1-2-14-15-10-12-16(14)11-6-9-13-7-4-3-5-8-13/h3-10,12H,2,11H2,1H3. The van der Waals surface area contributed by atoms with Crippen LogP contribution in [-0.4, -0.2) is 9.55 Å². The maximum Gasteiger partial charge on any atom is 0.108 e. The highest BCUT2D eigenvalue weighted by Gasteiger charge is 1.96. The average molecular weight is 212 g/mol. The van der Waals surface area contributed by atoms with Crippen molar-refractivity contribution in [1.29, 1.82) is 0 Å². The lowest BCUT2D eigenvalue weighted by Gasteiger charge is -2.01. The first-order valence-electron chi connectivity index (χ1n) is 5.61. The Morgan fingerprint density at radius 3 is 2.81 bits per heavy atom. The molecule has 0 saturated carbocycles. The van der Waals surface area contributed by atoms with Crippen LogP contribution in [0.25, 0.3) is 6.08 Å². The summed E-state index contributed by atoms with van der Waals surface area (Å²) in [5.41, 5.74) is 1.24. The highest BCUT2D eigenvalue weighted by atomic mass is 15.0.